The number of benzene rings is 2. The van der Waals surface area contributed by atoms with Gasteiger partial charge in [0.15, 0.2) is 5.78 Å². The maximum absolute atomic E-state index is 13.6. The molecule has 0 aromatic heterocycles. The van der Waals surface area contributed by atoms with E-state index in [2.05, 4.69) is 29.8 Å². The molecule has 2 aromatic carbocycles. The summed E-state index contributed by atoms with van der Waals surface area (Å²) in [6, 6.07) is 17.3. The quantitative estimate of drug-likeness (QED) is 0.573. The minimum absolute atomic E-state index is 0.0345. The molecule has 2 aliphatic rings. The van der Waals surface area contributed by atoms with E-state index in [-0.39, 0.29) is 17.8 Å². The Kier molecular flexibility index (Phi) is 5.99. The van der Waals surface area contributed by atoms with Crippen molar-refractivity contribution < 1.29 is 14.3 Å². The summed E-state index contributed by atoms with van der Waals surface area (Å²) in [5.74, 6) is -0.758. The number of halogens is 1. The number of Topliss-reactive ketones (excluding diaryl/α,β-unsaturated/α-hetero) is 1. The molecule has 1 heterocycles. The fourth-order valence-electron chi connectivity index (χ4n) is 4.71. The van der Waals surface area contributed by atoms with Crippen LogP contribution in [0, 0.1) is 5.41 Å². The summed E-state index contributed by atoms with van der Waals surface area (Å²) in [6.07, 6.45) is 1.08. The van der Waals surface area contributed by atoms with Gasteiger partial charge in [0, 0.05) is 27.9 Å². The Balaban J connectivity index is 2.04. The summed E-state index contributed by atoms with van der Waals surface area (Å²) < 4.78 is 6.25. The van der Waals surface area contributed by atoms with Crippen LogP contribution in [0.5, 0.6) is 0 Å². The minimum atomic E-state index is -0.594. The number of carbonyl (C=O) groups excluding carboxylic acids is 2. The summed E-state index contributed by atoms with van der Waals surface area (Å²) in [4.78, 5) is 28.8. The van der Waals surface area contributed by atoms with Gasteiger partial charge >= 0.3 is 5.97 Å². The second-order valence-corrected chi connectivity index (χ2v) is 9.80. The van der Waals surface area contributed by atoms with Crippen molar-refractivity contribution in [1.29, 1.82) is 0 Å². The number of allylic oxidation sites excluding steroid dienone is 2. The lowest BCUT2D eigenvalue weighted by molar-refractivity contribution is -0.138. The molecule has 0 saturated carbocycles. The predicted molar refractivity (Wildman–Crippen MR) is 129 cm³/mol. The highest BCUT2D eigenvalue weighted by molar-refractivity contribution is 9.10. The van der Waals surface area contributed by atoms with E-state index in [0.717, 1.165) is 21.4 Å². The van der Waals surface area contributed by atoms with Crippen molar-refractivity contribution in [3.63, 3.8) is 0 Å². The van der Waals surface area contributed by atoms with E-state index in [4.69, 9.17) is 10.5 Å². The number of ketones is 1. The van der Waals surface area contributed by atoms with Crippen molar-refractivity contribution in [3.05, 3.63) is 87.3 Å². The van der Waals surface area contributed by atoms with Crippen molar-refractivity contribution in [2.45, 2.75) is 39.5 Å². The van der Waals surface area contributed by atoms with Crippen molar-refractivity contribution >= 4 is 33.4 Å². The molecule has 0 fully saturated rings. The van der Waals surface area contributed by atoms with E-state index in [1.807, 2.05) is 59.5 Å². The molecule has 0 spiro atoms. The summed E-state index contributed by atoms with van der Waals surface area (Å²) in [5, 5.41) is 0. The van der Waals surface area contributed by atoms with Crippen molar-refractivity contribution in [2.24, 2.45) is 11.1 Å². The van der Waals surface area contributed by atoms with Crippen LogP contribution in [-0.4, -0.2) is 18.4 Å². The maximum atomic E-state index is 13.6. The first kappa shape index (κ1) is 22.3. The Morgan fingerprint density at radius 3 is 2.44 bits per heavy atom. The third-order valence-corrected chi connectivity index (χ3v) is 6.71. The number of anilines is 1. The van der Waals surface area contributed by atoms with Gasteiger partial charge in [-0.15, -0.1) is 0 Å². The van der Waals surface area contributed by atoms with Crippen LogP contribution in [0.4, 0.5) is 5.69 Å². The fraction of sp³-hybridized carbons (Fsp3) is 0.308. The molecule has 2 N–H and O–H groups in total. The van der Waals surface area contributed by atoms with Gasteiger partial charge in [0.1, 0.15) is 5.82 Å². The van der Waals surface area contributed by atoms with Crippen LogP contribution in [0.2, 0.25) is 0 Å². The van der Waals surface area contributed by atoms with Crippen molar-refractivity contribution in [1.82, 2.24) is 0 Å². The molecule has 2 aromatic rings. The van der Waals surface area contributed by atoms with Gasteiger partial charge in [-0.05, 0) is 42.5 Å². The third-order valence-electron chi connectivity index (χ3n) is 5.99. The highest BCUT2D eigenvalue weighted by atomic mass is 79.9. The zero-order valence-electron chi connectivity index (χ0n) is 18.5. The van der Waals surface area contributed by atoms with Gasteiger partial charge < -0.3 is 10.5 Å². The van der Waals surface area contributed by atoms with Crippen LogP contribution in [0.3, 0.4) is 0 Å². The molecule has 0 saturated heterocycles. The predicted octanol–water partition coefficient (Wildman–Crippen LogP) is 5.43. The highest BCUT2D eigenvalue weighted by Crippen LogP contribution is 2.51. The van der Waals surface area contributed by atoms with Crippen molar-refractivity contribution in [3.8, 4) is 0 Å². The molecular formula is C26H27BrN2O3. The van der Waals surface area contributed by atoms with Gasteiger partial charge in [0.2, 0.25) is 0 Å². The smallest absolute Gasteiger partial charge is 0.338 e. The number of para-hydroxylation sites is 1. The van der Waals surface area contributed by atoms with Gasteiger partial charge in [-0.3, -0.25) is 9.69 Å². The Morgan fingerprint density at radius 1 is 1.12 bits per heavy atom. The first-order valence-electron chi connectivity index (χ1n) is 10.8. The molecule has 166 valence electrons. The van der Waals surface area contributed by atoms with Crippen LogP contribution in [0.25, 0.3) is 0 Å². The molecule has 1 unspecified atom stereocenters. The molecule has 5 nitrogen and oxygen atoms in total. The zero-order chi connectivity index (χ0) is 23.0. The van der Waals surface area contributed by atoms with E-state index in [9.17, 15) is 9.59 Å². The number of carbonyl (C=O) groups is 2. The molecule has 1 aliphatic heterocycles. The van der Waals surface area contributed by atoms with E-state index in [1.165, 1.54) is 0 Å². The lowest BCUT2D eigenvalue weighted by atomic mass is 9.68. The second kappa shape index (κ2) is 8.58. The maximum Gasteiger partial charge on any atom is 0.338 e. The molecule has 1 aliphatic carbocycles. The average Bonchev–Trinajstić information content (AvgIpc) is 2.73. The van der Waals surface area contributed by atoms with Gasteiger partial charge in [-0.25, -0.2) is 4.79 Å². The number of rotatable bonds is 4. The van der Waals surface area contributed by atoms with Gasteiger partial charge in [0.05, 0.1) is 18.1 Å². The molecule has 0 radical (unpaired) electrons. The Morgan fingerprint density at radius 2 is 1.78 bits per heavy atom. The first-order chi connectivity index (χ1) is 15.2. The minimum Gasteiger partial charge on any atom is -0.463 e. The van der Waals surface area contributed by atoms with Crippen LogP contribution in [0.1, 0.15) is 45.1 Å². The van der Waals surface area contributed by atoms with Gasteiger partial charge in [-0.1, -0.05) is 66.2 Å². The number of nitrogens with zero attached hydrogens (tertiary/aromatic N) is 1. The van der Waals surface area contributed by atoms with E-state index >= 15 is 0 Å². The monoisotopic (exact) mass is 494 g/mol. The molecule has 32 heavy (non-hydrogen) atoms. The number of ether oxygens (including phenoxy) is 1. The lowest BCUT2D eigenvalue weighted by Crippen LogP contribution is -2.43. The third kappa shape index (κ3) is 3.88. The normalized spacial score (nSPS) is 20.3. The van der Waals surface area contributed by atoms with E-state index < -0.39 is 11.9 Å². The van der Waals surface area contributed by atoms with E-state index in [1.54, 1.807) is 6.92 Å². The zero-order valence-corrected chi connectivity index (χ0v) is 20.1. The van der Waals surface area contributed by atoms with E-state index in [0.29, 0.717) is 29.8 Å². The molecule has 0 bridgehead atoms. The second-order valence-electron chi connectivity index (χ2n) is 8.95. The summed E-state index contributed by atoms with van der Waals surface area (Å²) in [6.45, 7) is 6.16. The molecular weight excluding hydrogens is 468 g/mol. The number of esters is 1. The fourth-order valence-corrected chi connectivity index (χ4v) is 5.22. The lowest BCUT2D eigenvalue weighted by Gasteiger charge is -2.44. The molecule has 1 atom stereocenters. The van der Waals surface area contributed by atoms with Gasteiger partial charge in [-0.2, -0.15) is 0 Å². The van der Waals surface area contributed by atoms with Crippen molar-refractivity contribution in [2.75, 3.05) is 11.5 Å². The number of hydrogen-bond acceptors (Lipinski definition) is 5. The summed E-state index contributed by atoms with van der Waals surface area (Å²) >= 11 is 3.62. The Bertz CT molecular complexity index is 1130. The molecule has 0 amide bonds. The standard InChI is InChI=1S/C26H27BrN2O3/c1-4-32-25(31)23-21(17-12-8-9-13-18(17)27)22-19(14-26(2,3)15-20(22)30)29(24(23)28)16-10-6-5-7-11-16/h5-13,21H,4,14-15,28H2,1-3H3. The van der Waals surface area contributed by atoms with Crippen LogP contribution in [0.15, 0.2) is 81.7 Å². The number of nitrogens with two attached hydrogens (primary N) is 1. The highest BCUT2D eigenvalue weighted by Gasteiger charge is 2.46. The van der Waals surface area contributed by atoms with Gasteiger partial charge in [0.25, 0.3) is 0 Å². The number of hydrogen-bond donors (Lipinski definition) is 1. The Labute approximate surface area is 197 Å². The SMILES string of the molecule is CCOC(=O)C1=C(N)N(c2ccccc2)C2=C(C(=O)CC(C)(C)C2)C1c1ccccc1Br. The summed E-state index contributed by atoms with van der Waals surface area (Å²) in [5.41, 5.74) is 9.94. The average molecular weight is 495 g/mol. The first-order valence-corrected chi connectivity index (χ1v) is 11.6. The van der Waals surface area contributed by atoms with Crippen LogP contribution < -0.4 is 10.6 Å². The molecule has 4 rings (SSSR count). The molecule has 6 heteroatoms. The summed E-state index contributed by atoms with van der Waals surface area (Å²) in [7, 11) is 0. The largest absolute Gasteiger partial charge is 0.463 e. The van der Waals surface area contributed by atoms with Crippen LogP contribution >= 0.6 is 15.9 Å². The van der Waals surface area contributed by atoms with Crippen LogP contribution in [-0.2, 0) is 14.3 Å². The Hall–Kier alpha value is -2.86. The topological polar surface area (TPSA) is 72.6 Å².